The van der Waals surface area contributed by atoms with Crippen LogP contribution in [0.4, 0.5) is 0 Å². The molecule has 2 unspecified atom stereocenters. The van der Waals surface area contributed by atoms with E-state index in [1.165, 1.54) is 16.9 Å². The predicted octanol–water partition coefficient (Wildman–Crippen LogP) is 2.78. The molecule has 0 fully saturated rings. The summed E-state index contributed by atoms with van der Waals surface area (Å²) < 4.78 is 0. The molecule has 1 aromatic carbocycles. The topological polar surface area (TPSA) is 35.5 Å². The van der Waals surface area contributed by atoms with Gasteiger partial charge in [-0.25, -0.2) is 0 Å². The number of nitrogens with one attached hydrogen (secondary N) is 1. The minimum absolute atomic E-state index is 0.288. The molecule has 0 saturated carbocycles. The highest BCUT2D eigenvalue weighted by molar-refractivity contribution is 7.99. The van der Waals surface area contributed by atoms with Gasteiger partial charge in [0, 0.05) is 29.0 Å². The summed E-state index contributed by atoms with van der Waals surface area (Å²) in [5.74, 6) is 1.15. The summed E-state index contributed by atoms with van der Waals surface area (Å²) in [5.41, 5.74) is 1.28. The normalized spacial score (nSPS) is 20.6. The molecular formula is C15H23ClN2OS. The van der Waals surface area contributed by atoms with Gasteiger partial charge >= 0.3 is 0 Å². The van der Waals surface area contributed by atoms with E-state index in [-0.39, 0.29) is 12.1 Å². The second kappa shape index (κ2) is 7.66. The fourth-order valence-electron chi connectivity index (χ4n) is 2.52. The van der Waals surface area contributed by atoms with Crippen molar-refractivity contribution in [3.8, 4) is 0 Å². The molecule has 0 aliphatic carbocycles. The van der Waals surface area contributed by atoms with Gasteiger partial charge in [0.2, 0.25) is 0 Å². The van der Waals surface area contributed by atoms with Gasteiger partial charge in [0.25, 0.3) is 0 Å². The molecule has 0 spiro atoms. The quantitative estimate of drug-likeness (QED) is 0.876. The van der Waals surface area contributed by atoms with Crippen molar-refractivity contribution in [1.29, 1.82) is 0 Å². The Hall–Kier alpha value is -0.260. The van der Waals surface area contributed by atoms with Gasteiger partial charge in [-0.2, -0.15) is 0 Å². The highest BCUT2D eigenvalue weighted by Gasteiger charge is 2.20. The second-order valence-corrected chi connectivity index (χ2v) is 7.12. The van der Waals surface area contributed by atoms with Crippen molar-refractivity contribution in [3.05, 3.63) is 28.8 Å². The molecule has 3 nitrogen and oxygen atoms in total. The third-order valence-corrected chi connectivity index (χ3v) is 4.83. The third-order valence-electron chi connectivity index (χ3n) is 3.42. The predicted molar refractivity (Wildman–Crippen MR) is 86.7 cm³/mol. The highest BCUT2D eigenvalue weighted by Crippen LogP contribution is 2.36. The van der Waals surface area contributed by atoms with E-state index in [1.807, 2.05) is 36.8 Å². The molecule has 0 aromatic heterocycles. The first-order chi connectivity index (χ1) is 9.56. The summed E-state index contributed by atoms with van der Waals surface area (Å²) in [5, 5.41) is 14.3. The fourth-order valence-corrected chi connectivity index (χ4v) is 3.77. The van der Waals surface area contributed by atoms with E-state index in [2.05, 4.69) is 17.4 Å². The minimum atomic E-state index is -0.344. The Morgan fingerprint density at radius 2 is 2.30 bits per heavy atom. The first-order valence-electron chi connectivity index (χ1n) is 7.04. The number of likely N-dealkylation sites (N-methyl/N-ethyl adjacent to an activating group) is 1. The number of hydrogen-bond acceptors (Lipinski definition) is 4. The average Bonchev–Trinajstić information content (AvgIpc) is 2.57. The van der Waals surface area contributed by atoms with Crippen molar-refractivity contribution in [3.63, 3.8) is 0 Å². The van der Waals surface area contributed by atoms with E-state index in [9.17, 15) is 5.11 Å². The number of halogens is 1. The zero-order valence-electron chi connectivity index (χ0n) is 12.1. The molecule has 20 heavy (non-hydrogen) atoms. The van der Waals surface area contributed by atoms with Crippen LogP contribution >= 0.6 is 23.4 Å². The number of benzene rings is 1. The van der Waals surface area contributed by atoms with Gasteiger partial charge in [-0.1, -0.05) is 11.6 Å². The molecular weight excluding hydrogens is 292 g/mol. The lowest BCUT2D eigenvalue weighted by atomic mass is 10.0. The first kappa shape index (κ1) is 16.1. The number of hydrogen-bond donors (Lipinski definition) is 2. The second-order valence-electron chi connectivity index (χ2n) is 5.55. The van der Waals surface area contributed by atoms with Crippen LogP contribution in [0, 0.1) is 0 Å². The monoisotopic (exact) mass is 314 g/mol. The number of thioether (sulfide) groups is 1. The Morgan fingerprint density at radius 1 is 1.50 bits per heavy atom. The van der Waals surface area contributed by atoms with E-state index < -0.39 is 0 Å². The number of aliphatic hydroxyl groups is 1. The van der Waals surface area contributed by atoms with Gasteiger partial charge in [0.15, 0.2) is 0 Å². The maximum atomic E-state index is 9.99. The number of nitrogens with zero attached hydrogens (tertiary/aromatic N) is 1. The maximum absolute atomic E-state index is 9.99. The van der Waals surface area contributed by atoms with Crippen molar-refractivity contribution in [2.75, 3.05) is 32.9 Å². The van der Waals surface area contributed by atoms with Crippen LogP contribution in [0.3, 0.4) is 0 Å². The average molecular weight is 315 g/mol. The fraction of sp³-hybridized carbons (Fsp3) is 0.600. The third kappa shape index (κ3) is 4.64. The number of aliphatic hydroxyl groups excluding tert-OH is 1. The summed E-state index contributed by atoms with van der Waals surface area (Å²) in [6, 6.07) is 6.41. The van der Waals surface area contributed by atoms with Gasteiger partial charge in [-0.3, -0.25) is 0 Å². The Balaban J connectivity index is 2.03. The molecule has 1 aliphatic heterocycles. The lowest BCUT2D eigenvalue weighted by molar-refractivity contribution is 0.131. The molecule has 0 saturated heterocycles. The zero-order valence-corrected chi connectivity index (χ0v) is 13.7. The Morgan fingerprint density at radius 3 is 3.05 bits per heavy atom. The molecule has 1 heterocycles. The molecule has 0 amide bonds. The van der Waals surface area contributed by atoms with Crippen molar-refractivity contribution in [1.82, 2.24) is 10.2 Å². The molecule has 2 atom stereocenters. The zero-order chi connectivity index (χ0) is 14.5. The molecule has 0 radical (unpaired) electrons. The van der Waals surface area contributed by atoms with Crippen LogP contribution < -0.4 is 5.32 Å². The molecule has 112 valence electrons. The van der Waals surface area contributed by atoms with Gasteiger partial charge in [-0.05, 0) is 56.5 Å². The van der Waals surface area contributed by atoms with Crippen LogP contribution in [-0.2, 0) is 0 Å². The highest BCUT2D eigenvalue weighted by atomic mass is 35.5. The Bertz CT molecular complexity index is 442. The van der Waals surface area contributed by atoms with Gasteiger partial charge in [-0.15, -0.1) is 11.8 Å². The van der Waals surface area contributed by atoms with Crippen molar-refractivity contribution in [2.24, 2.45) is 0 Å². The Kier molecular flexibility index (Phi) is 6.18. The van der Waals surface area contributed by atoms with Crippen LogP contribution in [-0.4, -0.2) is 49.0 Å². The van der Waals surface area contributed by atoms with E-state index in [0.717, 1.165) is 17.2 Å². The van der Waals surface area contributed by atoms with Crippen LogP contribution in [0.2, 0.25) is 5.02 Å². The van der Waals surface area contributed by atoms with Gasteiger partial charge < -0.3 is 15.3 Å². The van der Waals surface area contributed by atoms with Crippen LogP contribution in [0.5, 0.6) is 0 Å². The smallest absolute Gasteiger partial charge is 0.0791 e. The van der Waals surface area contributed by atoms with Crippen molar-refractivity contribution in [2.45, 2.75) is 29.9 Å². The summed E-state index contributed by atoms with van der Waals surface area (Å²) in [7, 11) is 3.95. The van der Waals surface area contributed by atoms with E-state index in [0.29, 0.717) is 13.1 Å². The maximum Gasteiger partial charge on any atom is 0.0791 e. The summed E-state index contributed by atoms with van der Waals surface area (Å²) in [4.78, 5) is 3.31. The minimum Gasteiger partial charge on any atom is -0.390 e. The molecule has 2 N–H and O–H groups in total. The van der Waals surface area contributed by atoms with Crippen LogP contribution in [0.25, 0.3) is 0 Å². The Labute approximate surface area is 130 Å². The van der Waals surface area contributed by atoms with Gasteiger partial charge in [0.1, 0.15) is 0 Å². The van der Waals surface area contributed by atoms with Gasteiger partial charge in [0.05, 0.1) is 6.10 Å². The largest absolute Gasteiger partial charge is 0.390 e. The lowest BCUT2D eigenvalue weighted by Crippen LogP contribution is -2.36. The van der Waals surface area contributed by atoms with Crippen LogP contribution in [0.1, 0.15) is 24.4 Å². The van der Waals surface area contributed by atoms with Crippen molar-refractivity contribution >= 4 is 23.4 Å². The standard InChI is InChI=1S/C15H23ClN2OS/c1-18(2)10-12(19)9-17-14-4-3-7-20-15-6-5-11(16)8-13(14)15/h5-6,8,12,14,17,19H,3-4,7,9-10H2,1-2H3. The van der Waals surface area contributed by atoms with E-state index in [4.69, 9.17) is 11.6 Å². The van der Waals surface area contributed by atoms with E-state index >= 15 is 0 Å². The van der Waals surface area contributed by atoms with Crippen molar-refractivity contribution < 1.29 is 5.11 Å². The molecule has 1 aliphatic rings. The lowest BCUT2D eigenvalue weighted by Gasteiger charge is -2.22. The first-order valence-corrected chi connectivity index (χ1v) is 8.41. The molecule has 5 heteroatoms. The summed E-state index contributed by atoms with van der Waals surface area (Å²) in [6.45, 7) is 1.29. The summed E-state index contributed by atoms with van der Waals surface area (Å²) >= 11 is 8.03. The summed E-state index contributed by atoms with van der Waals surface area (Å²) in [6.07, 6.45) is 1.93. The van der Waals surface area contributed by atoms with Crippen LogP contribution in [0.15, 0.2) is 23.1 Å². The molecule has 2 rings (SSSR count). The van der Waals surface area contributed by atoms with E-state index in [1.54, 1.807) is 0 Å². The molecule has 1 aromatic rings. The molecule has 0 bridgehead atoms. The number of fused-ring (bicyclic) bond motifs is 1. The number of rotatable bonds is 5. The SMILES string of the molecule is CN(C)CC(O)CNC1CCCSc2ccc(Cl)cc21.